The van der Waals surface area contributed by atoms with Gasteiger partial charge in [-0.2, -0.15) is 5.10 Å². The van der Waals surface area contributed by atoms with E-state index in [0.717, 1.165) is 18.7 Å². The Labute approximate surface area is 100 Å². The zero-order chi connectivity index (χ0) is 12.1. The molecule has 1 aliphatic heterocycles. The molecule has 0 saturated carbocycles. The van der Waals surface area contributed by atoms with Gasteiger partial charge in [-0.05, 0) is 23.8 Å². The Bertz CT molecular complexity index is 401. The van der Waals surface area contributed by atoms with Gasteiger partial charge in [0.05, 0.1) is 39.6 Å². The molecule has 0 radical (unpaired) electrons. The number of phenolic OH excluding ortho intramolecular Hbond substituents is 1. The second kappa shape index (κ2) is 5.54. The van der Waals surface area contributed by atoms with Gasteiger partial charge in [-0.1, -0.05) is 0 Å². The summed E-state index contributed by atoms with van der Waals surface area (Å²) in [5.41, 5.74) is 0.842. The minimum absolute atomic E-state index is 0.124. The number of hydrogen-bond donors (Lipinski definition) is 1. The van der Waals surface area contributed by atoms with E-state index in [1.165, 1.54) is 7.11 Å². The first-order valence-corrected chi connectivity index (χ1v) is 5.53. The molecule has 1 N–H and O–H groups in total. The molecular weight excluding hydrogens is 220 g/mol. The predicted octanol–water partition coefficient (Wildman–Crippen LogP) is 1.07. The van der Waals surface area contributed by atoms with Crippen LogP contribution in [0.5, 0.6) is 11.5 Å². The number of ether oxygens (including phenoxy) is 2. The summed E-state index contributed by atoms with van der Waals surface area (Å²) in [4.78, 5) is 0. The molecule has 0 atom stereocenters. The molecule has 0 aliphatic carbocycles. The van der Waals surface area contributed by atoms with E-state index >= 15 is 0 Å². The zero-order valence-electron chi connectivity index (χ0n) is 9.80. The van der Waals surface area contributed by atoms with Gasteiger partial charge in [0.2, 0.25) is 0 Å². The van der Waals surface area contributed by atoms with Crippen molar-refractivity contribution in [1.82, 2.24) is 5.01 Å². The van der Waals surface area contributed by atoms with E-state index in [4.69, 9.17) is 9.47 Å². The largest absolute Gasteiger partial charge is 0.504 e. The number of methoxy groups -OCH3 is 1. The van der Waals surface area contributed by atoms with Crippen LogP contribution in [0.15, 0.2) is 23.3 Å². The summed E-state index contributed by atoms with van der Waals surface area (Å²) in [6, 6.07) is 5.20. The van der Waals surface area contributed by atoms with E-state index in [1.54, 1.807) is 18.3 Å². The molecule has 0 aromatic heterocycles. The lowest BCUT2D eigenvalue weighted by atomic mass is 10.2. The van der Waals surface area contributed by atoms with Gasteiger partial charge < -0.3 is 14.6 Å². The molecule has 5 nitrogen and oxygen atoms in total. The summed E-state index contributed by atoms with van der Waals surface area (Å²) >= 11 is 0. The summed E-state index contributed by atoms with van der Waals surface area (Å²) in [7, 11) is 1.52. The Morgan fingerprint density at radius 2 is 2.18 bits per heavy atom. The molecule has 92 valence electrons. The van der Waals surface area contributed by atoms with Crippen LogP contribution in [0.25, 0.3) is 0 Å². The standard InChI is InChI=1S/C12H16N2O3/c1-16-12-3-2-10(8-11(12)15)9-13-14-4-6-17-7-5-14/h2-3,8-9,15H,4-7H2,1H3/b13-9-. The third-order valence-electron chi connectivity index (χ3n) is 2.56. The van der Waals surface area contributed by atoms with Crippen LogP contribution < -0.4 is 4.74 Å². The molecule has 0 amide bonds. The lowest BCUT2D eigenvalue weighted by Gasteiger charge is -2.23. The highest BCUT2D eigenvalue weighted by molar-refractivity contribution is 5.80. The highest BCUT2D eigenvalue weighted by Gasteiger charge is 2.06. The maximum atomic E-state index is 9.61. The lowest BCUT2D eigenvalue weighted by Crippen LogP contribution is -2.32. The Hall–Kier alpha value is -1.75. The van der Waals surface area contributed by atoms with E-state index in [2.05, 4.69) is 5.10 Å². The van der Waals surface area contributed by atoms with Crippen LogP contribution in [0.1, 0.15) is 5.56 Å². The number of benzene rings is 1. The smallest absolute Gasteiger partial charge is 0.160 e. The second-order valence-corrected chi connectivity index (χ2v) is 3.74. The third kappa shape index (κ3) is 3.10. The Morgan fingerprint density at radius 1 is 1.41 bits per heavy atom. The molecule has 1 aliphatic rings. The predicted molar refractivity (Wildman–Crippen MR) is 64.6 cm³/mol. The highest BCUT2D eigenvalue weighted by atomic mass is 16.5. The topological polar surface area (TPSA) is 54.3 Å². The van der Waals surface area contributed by atoms with Crippen LogP contribution in [0.3, 0.4) is 0 Å². The summed E-state index contributed by atoms with van der Waals surface area (Å²) in [5, 5.41) is 15.9. The second-order valence-electron chi connectivity index (χ2n) is 3.74. The maximum Gasteiger partial charge on any atom is 0.160 e. The average Bonchev–Trinajstić information content (AvgIpc) is 2.38. The van der Waals surface area contributed by atoms with Crippen molar-refractivity contribution in [2.24, 2.45) is 5.10 Å². The number of aromatic hydroxyl groups is 1. The van der Waals surface area contributed by atoms with Crippen LogP contribution in [-0.4, -0.2) is 49.7 Å². The zero-order valence-corrected chi connectivity index (χ0v) is 9.80. The van der Waals surface area contributed by atoms with Crippen LogP contribution in [-0.2, 0) is 4.74 Å². The van der Waals surface area contributed by atoms with E-state index in [9.17, 15) is 5.11 Å². The number of hydrazone groups is 1. The Morgan fingerprint density at radius 3 is 2.82 bits per heavy atom. The minimum atomic E-state index is 0.124. The van der Waals surface area contributed by atoms with Gasteiger partial charge in [-0.25, -0.2) is 0 Å². The molecule has 1 aromatic carbocycles. The van der Waals surface area contributed by atoms with Crippen LogP contribution in [0, 0.1) is 0 Å². The van der Waals surface area contributed by atoms with Gasteiger partial charge in [0.1, 0.15) is 0 Å². The molecule has 5 heteroatoms. The van der Waals surface area contributed by atoms with E-state index in [-0.39, 0.29) is 5.75 Å². The van der Waals surface area contributed by atoms with Gasteiger partial charge in [-0.3, -0.25) is 5.01 Å². The maximum absolute atomic E-state index is 9.61. The molecule has 1 aromatic rings. The molecule has 1 fully saturated rings. The van der Waals surface area contributed by atoms with Crippen molar-refractivity contribution in [1.29, 1.82) is 0 Å². The van der Waals surface area contributed by atoms with Gasteiger partial charge in [0, 0.05) is 0 Å². The minimum Gasteiger partial charge on any atom is -0.504 e. The lowest BCUT2D eigenvalue weighted by molar-refractivity contribution is 0.0397. The van der Waals surface area contributed by atoms with Gasteiger partial charge in [0.15, 0.2) is 11.5 Å². The van der Waals surface area contributed by atoms with E-state index < -0.39 is 0 Å². The fourth-order valence-corrected chi connectivity index (χ4v) is 1.60. The van der Waals surface area contributed by atoms with Crippen molar-refractivity contribution >= 4 is 6.21 Å². The van der Waals surface area contributed by atoms with Crippen molar-refractivity contribution in [2.45, 2.75) is 0 Å². The van der Waals surface area contributed by atoms with E-state index in [0.29, 0.717) is 19.0 Å². The average molecular weight is 236 g/mol. The first kappa shape index (κ1) is 11.7. The SMILES string of the molecule is COc1ccc(/C=N\N2CCOCC2)cc1O. The first-order valence-electron chi connectivity index (χ1n) is 5.53. The molecule has 1 heterocycles. The Kier molecular flexibility index (Phi) is 3.82. The monoisotopic (exact) mass is 236 g/mol. The number of nitrogens with zero attached hydrogens (tertiary/aromatic N) is 2. The van der Waals surface area contributed by atoms with Crippen LogP contribution >= 0.6 is 0 Å². The summed E-state index contributed by atoms with van der Waals surface area (Å²) in [5.74, 6) is 0.590. The summed E-state index contributed by atoms with van der Waals surface area (Å²) in [6.45, 7) is 3.04. The summed E-state index contributed by atoms with van der Waals surface area (Å²) < 4.78 is 10.2. The van der Waals surface area contributed by atoms with E-state index in [1.807, 2.05) is 11.1 Å². The van der Waals surface area contributed by atoms with Crippen molar-refractivity contribution < 1.29 is 14.6 Å². The Balaban J connectivity index is 2.02. The fraction of sp³-hybridized carbons (Fsp3) is 0.417. The molecule has 17 heavy (non-hydrogen) atoms. The number of phenols is 1. The van der Waals surface area contributed by atoms with Crippen molar-refractivity contribution in [3.8, 4) is 11.5 Å². The quantitative estimate of drug-likeness (QED) is 0.797. The van der Waals surface area contributed by atoms with Crippen molar-refractivity contribution in [3.63, 3.8) is 0 Å². The van der Waals surface area contributed by atoms with Crippen molar-refractivity contribution in [2.75, 3.05) is 33.4 Å². The molecule has 0 unspecified atom stereocenters. The van der Waals surface area contributed by atoms with Crippen LogP contribution in [0.4, 0.5) is 0 Å². The third-order valence-corrected chi connectivity index (χ3v) is 2.56. The molecule has 2 rings (SSSR count). The van der Waals surface area contributed by atoms with Crippen LogP contribution in [0.2, 0.25) is 0 Å². The molecule has 0 bridgehead atoms. The van der Waals surface area contributed by atoms with Crippen molar-refractivity contribution in [3.05, 3.63) is 23.8 Å². The highest BCUT2D eigenvalue weighted by Crippen LogP contribution is 2.25. The van der Waals surface area contributed by atoms with Gasteiger partial charge >= 0.3 is 0 Å². The number of rotatable bonds is 3. The van der Waals surface area contributed by atoms with Gasteiger partial charge in [-0.15, -0.1) is 0 Å². The summed E-state index contributed by atoms with van der Waals surface area (Å²) in [6.07, 6.45) is 1.73. The number of hydrogen-bond acceptors (Lipinski definition) is 5. The number of morpholine rings is 1. The molecule has 0 spiro atoms. The molecular formula is C12H16N2O3. The normalized spacial score (nSPS) is 16.4. The fourth-order valence-electron chi connectivity index (χ4n) is 1.60. The molecule has 1 saturated heterocycles. The van der Waals surface area contributed by atoms with Gasteiger partial charge in [0.25, 0.3) is 0 Å². The first-order chi connectivity index (χ1) is 8.29.